The monoisotopic (exact) mass is 384 g/mol. The van der Waals surface area contributed by atoms with E-state index >= 15 is 0 Å². The van der Waals surface area contributed by atoms with Gasteiger partial charge in [0.2, 0.25) is 10.0 Å². The Kier molecular flexibility index (Phi) is 5.68. The van der Waals surface area contributed by atoms with Gasteiger partial charge in [0.1, 0.15) is 0 Å². The summed E-state index contributed by atoms with van der Waals surface area (Å²) in [4.78, 5) is 0. The van der Waals surface area contributed by atoms with E-state index in [2.05, 4.69) is 0 Å². The van der Waals surface area contributed by atoms with Crippen LogP contribution in [0.5, 0.6) is 0 Å². The quantitative estimate of drug-likeness (QED) is 0.870. The largest absolute Gasteiger partial charge is 0.327 e. The molecule has 0 amide bonds. The van der Waals surface area contributed by atoms with Gasteiger partial charge in [-0.15, -0.1) is 12.4 Å². The Morgan fingerprint density at radius 1 is 1.18 bits per heavy atom. The van der Waals surface area contributed by atoms with E-state index in [-0.39, 0.29) is 24.2 Å². The van der Waals surface area contributed by atoms with Crippen molar-refractivity contribution in [3.05, 3.63) is 33.8 Å². The van der Waals surface area contributed by atoms with E-state index < -0.39 is 10.0 Å². The third-order valence-electron chi connectivity index (χ3n) is 4.66. The molecule has 1 aliphatic heterocycles. The van der Waals surface area contributed by atoms with Crippen molar-refractivity contribution in [3.63, 3.8) is 0 Å². The van der Waals surface area contributed by atoms with Crippen LogP contribution in [0.15, 0.2) is 18.2 Å². The SMILES string of the molecule is Cl.NC1CCC2CN(S(=O)(=O)Cc3c(Cl)cccc3Cl)CC12. The molecular formula is C14H19Cl3N2O2S. The van der Waals surface area contributed by atoms with Crippen LogP contribution in [0.25, 0.3) is 0 Å². The van der Waals surface area contributed by atoms with Crippen LogP contribution in [0.2, 0.25) is 10.0 Å². The molecule has 1 heterocycles. The molecule has 0 bridgehead atoms. The Bertz CT molecular complexity index is 633. The molecule has 3 unspecified atom stereocenters. The number of hydrogen-bond donors (Lipinski definition) is 1. The highest BCUT2D eigenvalue weighted by Gasteiger charge is 2.44. The van der Waals surface area contributed by atoms with Crippen molar-refractivity contribution in [1.82, 2.24) is 4.31 Å². The minimum Gasteiger partial charge on any atom is -0.327 e. The lowest BCUT2D eigenvalue weighted by molar-refractivity contribution is 0.426. The maximum absolute atomic E-state index is 12.6. The van der Waals surface area contributed by atoms with Gasteiger partial charge in [0, 0.05) is 34.7 Å². The van der Waals surface area contributed by atoms with Gasteiger partial charge in [0.15, 0.2) is 0 Å². The van der Waals surface area contributed by atoms with E-state index in [1.165, 1.54) is 0 Å². The summed E-state index contributed by atoms with van der Waals surface area (Å²) in [5, 5.41) is 0.782. The fraction of sp³-hybridized carbons (Fsp3) is 0.571. The first-order chi connectivity index (χ1) is 9.88. The lowest BCUT2D eigenvalue weighted by Gasteiger charge is -2.19. The van der Waals surface area contributed by atoms with Gasteiger partial charge in [0.25, 0.3) is 0 Å². The Hall–Kier alpha value is -0.0400. The van der Waals surface area contributed by atoms with Crippen molar-refractivity contribution in [1.29, 1.82) is 0 Å². The van der Waals surface area contributed by atoms with E-state index in [4.69, 9.17) is 28.9 Å². The predicted molar refractivity (Wildman–Crippen MR) is 92.1 cm³/mol. The summed E-state index contributed by atoms with van der Waals surface area (Å²) in [6, 6.07) is 5.15. The van der Waals surface area contributed by atoms with Crippen molar-refractivity contribution in [2.75, 3.05) is 13.1 Å². The summed E-state index contributed by atoms with van der Waals surface area (Å²) in [6.45, 7) is 1.10. The second-order valence-electron chi connectivity index (χ2n) is 5.94. The Balaban J connectivity index is 0.00000176. The number of fused-ring (bicyclic) bond motifs is 1. The molecule has 1 aromatic carbocycles. The molecule has 124 valence electrons. The fourth-order valence-corrected chi connectivity index (χ4v) is 5.80. The van der Waals surface area contributed by atoms with E-state index in [1.807, 2.05) is 0 Å². The maximum atomic E-state index is 12.6. The number of rotatable bonds is 3. The fourth-order valence-electron chi connectivity index (χ4n) is 3.44. The van der Waals surface area contributed by atoms with E-state index in [1.54, 1.807) is 22.5 Å². The molecule has 3 atom stereocenters. The highest BCUT2D eigenvalue weighted by molar-refractivity contribution is 7.88. The molecule has 2 aliphatic rings. The summed E-state index contributed by atoms with van der Waals surface area (Å²) in [6.07, 6.45) is 2.02. The van der Waals surface area contributed by atoms with Crippen LogP contribution in [-0.4, -0.2) is 31.9 Å². The zero-order valence-electron chi connectivity index (χ0n) is 11.9. The van der Waals surface area contributed by atoms with E-state index in [0.29, 0.717) is 40.5 Å². The second-order valence-corrected chi connectivity index (χ2v) is 8.72. The van der Waals surface area contributed by atoms with Crippen LogP contribution < -0.4 is 5.73 Å². The smallest absolute Gasteiger partial charge is 0.218 e. The number of nitrogens with two attached hydrogens (primary N) is 1. The lowest BCUT2D eigenvalue weighted by atomic mass is 9.98. The highest BCUT2D eigenvalue weighted by Crippen LogP contribution is 2.39. The zero-order chi connectivity index (χ0) is 15.2. The highest BCUT2D eigenvalue weighted by atomic mass is 35.5. The second kappa shape index (κ2) is 6.83. The predicted octanol–water partition coefficient (Wildman–Crippen LogP) is 2.91. The van der Waals surface area contributed by atoms with Gasteiger partial charge in [0.05, 0.1) is 5.75 Å². The molecular weight excluding hydrogens is 367 g/mol. The van der Waals surface area contributed by atoms with Crippen LogP contribution >= 0.6 is 35.6 Å². The van der Waals surface area contributed by atoms with Crippen LogP contribution in [-0.2, 0) is 15.8 Å². The van der Waals surface area contributed by atoms with Crippen LogP contribution in [0.3, 0.4) is 0 Å². The van der Waals surface area contributed by atoms with Gasteiger partial charge in [-0.05, 0) is 36.8 Å². The number of sulfonamides is 1. The molecule has 3 rings (SSSR count). The van der Waals surface area contributed by atoms with Crippen molar-refractivity contribution < 1.29 is 8.42 Å². The van der Waals surface area contributed by atoms with Crippen molar-refractivity contribution >= 4 is 45.6 Å². The Labute approximate surface area is 147 Å². The normalized spacial score (nSPS) is 28.4. The van der Waals surface area contributed by atoms with Crippen LogP contribution in [0.1, 0.15) is 18.4 Å². The first kappa shape index (κ1) is 18.3. The molecule has 4 nitrogen and oxygen atoms in total. The van der Waals surface area contributed by atoms with Gasteiger partial charge < -0.3 is 5.73 Å². The number of benzene rings is 1. The van der Waals surface area contributed by atoms with Gasteiger partial charge in [-0.3, -0.25) is 0 Å². The molecule has 2 fully saturated rings. The van der Waals surface area contributed by atoms with Gasteiger partial charge >= 0.3 is 0 Å². The van der Waals surface area contributed by atoms with E-state index in [9.17, 15) is 8.42 Å². The lowest BCUT2D eigenvalue weighted by Crippen LogP contribution is -2.34. The zero-order valence-corrected chi connectivity index (χ0v) is 15.1. The van der Waals surface area contributed by atoms with Crippen molar-refractivity contribution in [2.24, 2.45) is 17.6 Å². The molecule has 1 aliphatic carbocycles. The van der Waals surface area contributed by atoms with Crippen LogP contribution in [0, 0.1) is 11.8 Å². The molecule has 0 spiro atoms. The molecule has 1 saturated heterocycles. The third-order valence-corrected chi connectivity index (χ3v) is 7.11. The number of hydrogen-bond acceptors (Lipinski definition) is 3. The third kappa shape index (κ3) is 3.40. The van der Waals surface area contributed by atoms with Crippen molar-refractivity contribution in [2.45, 2.75) is 24.6 Å². The molecule has 22 heavy (non-hydrogen) atoms. The molecule has 0 radical (unpaired) electrons. The summed E-state index contributed by atoms with van der Waals surface area (Å²) >= 11 is 12.1. The summed E-state index contributed by atoms with van der Waals surface area (Å²) in [5.41, 5.74) is 6.54. The number of halogens is 3. The summed E-state index contributed by atoms with van der Waals surface area (Å²) < 4.78 is 26.8. The standard InChI is InChI=1S/C14H18Cl2N2O2S.ClH/c15-12-2-1-3-13(16)11(12)8-21(19,20)18-6-9-4-5-14(17)10(9)7-18;/h1-3,9-10,14H,4-8,17H2;1H. The average Bonchev–Trinajstić information content (AvgIpc) is 2.98. The Morgan fingerprint density at radius 3 is 2.41 bits per heavy atom. The minimum absolute atomic E-state index is 0. The number of nitrogens with zero attached hydrogens (tertiary/aromatic N) is 1. The molecule has 1 saturated carbocycles. The molecule has 1 aromatic rings. The topological polar surface area (TPSA) is 63.4 Å². The van der Waals surface area contributed by atoms with Gasteiger partial charge in [-0.1, -0.05) is 29.3 Å². The molecule has 0 aromatic heterocycles. The summed E-state index contributed by atoms with van der Waals surface area (Å²) in [7, 11) is -3.41. The van der Waals surface area contributed by atoms with E-state index in [0.717, 1.165) is 12.8 Å². The van der Waals surface area contributed by atoms with Gasteiger partial charge in [-0.2, -0.15) is 0 Å². The van der Waals surface area contributed by atoms with Crippen LogP contribution in [0.4, 0.5) is 0 Å². The summed E-state index contributed by atoms with van der Waals surface area (Å²) in [5.74, 6) is 0.540. The van der Waals surface area contributed by atoms with Crippen molar-refractivity contribution in [3.8, 4) is 0 Å². The maximum Gasteiger partial charge on any atom is 0.218 e. The first-order valence-electron chi connectivity index (χ1n) is 7.05. The first-order valence-corrected chi connectivity index (χ1v) is 9.41. The molecule has 2 N–H and O–H groups in total. The molecule has 8 heteroatoms. The minimum atomic E-state index is -3.41. The average molecular weight is 386 g/mol. The van der Waals surface area contributed by atoms with Gasteiger partial charge in [-0.25, -0.2) is 12.7 Å². The Morgan fingerprint density at radius 2 is 1.82 bits per heavy atom.